The summed E-state index contributed by atoms with van der Waals surface area (Å²) in [5, 5.41) is 3.97. The Kier molecular flexibility index (Phi) is 4.94. The predicted molar refractivity (Wildman–Crippen MR) is 105 cm³/mol. The predicted octanol–water partition coefficient (Wildman–Crippen LogP) is 3.22. The van der Waals surface area contributed by atoms with E-state index in [4.69, 9.17) is 0 Å². The van der Waals surface area contributed by atoms with Gasteiger partial charge in [-0.15, -0.1) is 11.8 Å². The van der Waals surface area contributed by atoms with Gasteiger partial charge in [0.05, 0.1) is 4.87 Å². The minimum Gasteiger partial charge on any atom is -0.315 e. The van der Waals surface area contributed by atoms with Crippen molar-refractivity contribution in [2.45, 2.75) is 41.6 Å². The van der Waals surface area contributed by atoms with Gasteiger partial charge in [-0.1, -0.05) is 42.1 Å². The summed E-state index contributed by atoms with van der Waals surface area (Å²) in [6.07, 6.45) is 1.33. The number of anilines is 1. The van der Waals surface area contributed by atoms with Crippen LogP contribution in [0.25, 0.3) is 0 Å². The van der Waals surface area contributed by atoms with Gasteiger partial charge in [-0.2, -0.15) is 9.36 Å². The topological polar surface area (TPSA) is 75.2 Å². The molecule has 2 aliphatic heterocycles. The van der Waals surface area contributed by atoms with Gasteiger partial charge in [0, 0.05) is 29.5 Å². The highest BCUT2D eigenvalue weighted by Crippen LogP contribution is 2.47. The standard InChI is InChI=1S/C17H18N4O2S3/c1-17-8-7-13(22)21(17)12(10-25-17)14(23)18-15-19-16(20-26-15)24-9-11-5-3-2-4-6-11/h2-6,12H,7-10H2,1H3,(H,18,19,20,23)/t12-,17-/m1/s1. The fraction of sp³-hybridized carbons (Fsp3) is 0.412. The first-order chi connectivity index (χ1) is 12.5. The number of amides is 2. The lowest BCUT2D eigenvalue weighted by Gasteiger charge is -2.29. The molecule has 0 aliphatic carbocycles. The summed E-state index contributed by atoms with van der Waals surface area (Å²) in [5.41, 5.74) is 1.20. The summed E-state index contributed by atoms with van der Waals surface area (Å²) in [6, 6.07) is 9.68. The molecule has 0 spiro atoms. The summed E-state index contributed by atoms with van der Waals surface area (Å²) in [6.45, 7) is 2.04. The molecule has 2 saturated heterocycles. The number of nitrogens with zero attached hydrogens (tertiary/aromatic N) is 3. The van der Waals surface area contributed by atoms with Crippen molar-refractivity contribution in [3.05, 3.63) is 35.9 Å². The number of nitrogens with one attached hydrogen (secondary N) is 1. The summed E-state index contributed by atoms with van der Waals surface area (Å²) in [5.74, 6) is 1.30. The van der Waals surface area contributed by atoms with E-state index in [1.54, 1.807) is 16.7 Å². The summed E-state index contributed by atoms with van der Waals surface area (Å²) < 4.78 is 4.30. The van der Waals surface area contributed by atoms with Crippen LogP contribution in [0.4, 0.5) is 5.13 Å². The first kappa shape index (κ1) is 17.8. The number of rotatable bonds is 5. The molecule has 136 valence electrons. The molecule has 0 saturated carbocycles. The molecular weight excluding hydrogens is 388 g/mol. The Hall–Kier alpha value is -1.58. The fourth-order valence-electron chi connectivity index (χ4n) is 3.24. The van der Waals surface area contributed by atoms with Crippen molar-refractivity contribution in [3.63, 3.8) is 0 Å². The summed E-state index contributed by atoms with van der Waals surface area (Å²) in [4.78, 5) is 30.7. The van der Waals surface area contributed by atoms with E-state index in [0.717, 1.165) is 12.2 Å². The number of thioether (sulfide) groups is 2. The van der Waals surface area contributed by atoms with Crippen LogP contribution in [-0.2, 0) is 15.3 Å². The zero-order valence-electron chi connectivity index (χ0n) is 14.2. The van der Waals surface area contributed by atoms with Crippen LogP contribution in [0, 0.1) is 0 Å². The van der Waals surface area contributed by atoms with Crippen molar-refractivity contribution in [2.24, 2.45) is 0 Å². The van der Waals surface area contributed by atoms with Gasteiger partial charge >= 0.3 is 0 Å². The molecule has 0 unspecified atom stereocenters. The Morgan fingerprint density at radius 1 is 1.42 bits per heavy atom. The number of carbonyl (C=O) groups is 2. The van der Waals surface area contributed by atoms with E-state index in [0.29, 0.717) is 22.5 Å². The van der Waals surface area contributed by atoms with Gasteiger partial charge in [0.2, 0.25) is 22.1 Å². The van der Waals surface area contributed by atoms with Crippen molar-refractivity contribution in [1.82, 2.24) is 14.3 Å². The second-order valence-electron chi connectivity index (χ2n) is 6.41. The van der Waals surface area contributed by atoms with Crippen LogP contribution < -0.4 is 5.32 Å². The molecule has 9 heteroatoms. The van der Waals surface area contributed by atoms with Gasteiger partial charge in [0.25, 0.3) is 0 Å². The zero-order valence-corrected chi connectivity index (χ0v) is 16.6. The molecule has 2 amide bonds. The number of hydrogen-bond donors (Lipinski definition) is 1. The smallest absolute Gasteiger partial charge is 0.249 e. The molecule has 2 aliphatic rings. The quantitative estimate of drug-likeness (QED) is 0.769. The Bertz CT molecular complexity index is 828. The SMILES string of the molecule is C[C@@]12CCC(=O)N1[C@@H](C(=O)Nc1nc(SCc3ccccc3)ns1)CS2. The van der Waals surface area contributed by atoms with Crippen LogP contribution in [-0.4, -0.2) is 42.7 Å². The maximum atomic E-state index is 12.6. The van der Waals surface area contributed by atoms with Crippen LogP contribution >= 0.6 is 35.1 Å². The normalized spacial score (nSPS) is 24.7. The molecule has 26 heavy (non-hydrogen) atoms. The van der Waals surface area contributed by atoms with E-state index >= 15 is 0 Å². The Morgan fingerprint density at radius 3 is 3.04 bits per heavy atom. The maximum Gasteiger partial charge on any atom is 0.249 e. The first-order valence-electron chi connectivity index (χ1n) is 8.33. The third kappa shape index (κ3) is 3.47. The molecule has 2 fully saturated rings. The fourth-order valence-corrected chi connectivity index (χ4v) is 6.18. The van der Waals surface area contributed by atoms with Crippen molar-refractivity contribution < 1.29 is 9.59 Å². The number of aromatic nitrogens is 2. The number of benzene rings is 1. The minimum absolute atomic E-state index is 0.0639. The minimum atomic E-state index is -0.427. The highest BCUT2D eigenvalue weighted by molar-refractivity contribution is 8.01. The van der Waals surface area contributed by atoms with Crippen molar-refractivity contribution in [1.29, 1.82) is 0 Å². The van der Waals surface area contributed by atoms with Crippen molar-refractivity contribution >= 4 is 52.0 Å². The van der Waals surface area contributed by atoms with Gasteiger partial charge < -0.3 is 4.90 Å². The van der Waals surface area contributed by atoms with Gasteiger partial charge in [-0.25, -0.2) is 0 Å². The van der Waals surface area contributed by atoms with Crippen LogP contribution in [0.5, 0.6) is 0 Å². The second kappa shape index (κ2) is 7.21. The van der Waals surface area contributed by atoms with Crippen molar-refractivity contribution in [2.75, 3.05) is 11.1 Å². The molecule has 6 nitrogen and oxygen atoms in total. The van der Waals surface area contributed by atoms with Crippen molar-refractivity contribution in [3.8, 4) is 0 Å². The van der Waals surface area contributed by atoms with Crippen LogP contribution in [0.15, 0.2) is 35.5 Å². The lowest BCUT2D eigenvalue weighted by molar-refractivity contribution is -0.135. The Morgan fingerprint density at radius 2 is 2.23 bits per heavy atom. The summed E-state index contributed by atoms with van der Waals surface area (Å²) >= 11 is 4.39. The average molecular weight is 407 g/mol. The maximum absolute atomic E-state index is 12.6. The van der Waals surface area contributed by atoms with Crippen LogP contribution in [0.3, 0.4) is 0 Å². The zero-order chi connectivity index (χ0) is 18.1. The third-order valence-electron chi connectivity index (χ3n) is 4.60. The largest absolute Gasteiger partial charge is 0.315 e. The lowest BCUT2D eigenvalue weighted by atomic mass is 10.2. The van der Waals surface area contributed by atoms with E-state index in [-0.39, 0.29) is 16.7 Å². The van der Waals surface area contributed by atoms with Crippen LogP contribution in [0.2, 0.25) is 0 Å². The monoisotopic (exact) mass is 406 g/mol. The molecular formula is C17H18N4O2S3. The first-order valence-corrected chi connectivity index (χ1v) is 11.1. The molecule has 1 aromatic heterocycles. The molecule has 3 heterocycles. The van der Waals surface area contributed by atoms with Gasteiger partial charge in [0.15, 0.2) is 0 Å². The van der Waals surface area contributed by atoms with Gasteiger partial charge in [0.1, 0.15) is 6.04 Å². The number of hydrogen-bond acceptors (Lipinski definition) is 7. The lowest BCUT2D eigenvalue weighted by Crippen LogP contribution is -2.48. The highest BCUT2D eigenvalue weighted by Gasteiger charge is 2.52. The van der Waals surface area contributed by atoms with E-state index in [1.165, 1.54) is 28.9 Å². The molecule has 0 bridgehead atoms. The number of fused-ring (bicyclic) bond motifs is 1. The average Bonchev–Trinajstić information content (AvgIpc) is 3.30. The second-order valence-corrected chi connectivity index (χ2v) is 9.61. The highest BCUT2D eigenvalue weighted by atomic mass is 32.2. The van der Waals surface area contributed by atoms with E-state index in [1.807, 2.05) is 25.1 Å². The van der Waals surface area contributed by atoms with E-state index in [9.17, 15) is 9.59 Å². The number of carbonyl (C=O) groups excluding carboxylic acids is 2. The molecule has 1 aromatic carbocycles. The molecule has 0 radical (unpaired) electrons. The molecule has 2 atom stereocenters. The molecule has 4 rings (SSSR count). The van der Waals surface area contributed by atoms with E-state index in [2.05, 4.69) is 26.8 Å². The van der Waals surface area contributed by atoms with Crippen LogP contribution in [0.1, 0.15) is 25.3 Å². The summed E-state index contributed by atoms with van der Waals surface area (Å²) in [7, 11) is 0. The molecule has 2 aromatic rings. The molecule has 1 N–H and O–H groups in total. The Balaban J connectivity index is 1.37. The Labute approximate surface area is 164 Å². The third-order valence-corrected chi connectivity index (χ3v) is 7.77. The van der Waals surface area contributed by atoms with Gasteiger partial charge in [-0.05, 0) is 18.9 Å². The van der Waals surface area contributed by atoms with E-state index < -0.39 is 6.04 Å². The van der Waals surface area contributed by atoms with Gasteiger partial charge in [-0.3, -0.25) is 14.9 Å².